The summed E-state index contributed by atoms with van der Waals surface area (Å²) in [5.74, 6) is -1.16. The lowest BCUT2D eigenvalue weighted by atomic mass is 10.3. The second-order valence-electron chi connectivity index (χ2n) is 4.88. The number of hydrogen-bond acceptors (Lipinski definition) is 4. The number of hydrogen-bond donors (Lipinski definition) is 2. The zero-order chi connectivity index (χ0) is 13.6. The Bertz CT molecular complexity index is 547. The Hall–Kier alpha value is -2.37. The standard InChI is InChI=1S/C13H13N3O3/c14-7-1-3-8(4-2-7)15-11(17)6-16-12(18)9-5-10(9)13(16)19/h1-4,9-10H,5-6,14H2,(H,15,17). The van der Waals surface area contributed by atoms with Gasteiger partial charge >= 0.3 is 0 Å². The first kappa shape index (κ1) is 11.7. The summed E-state index contributed by atoms with van der Waals surface area (Å²) in [5, 5.41) is 2.63. The van der Waals surface area contributed by atoms with Gasteiger partial charge in [-0.05, 0) is 30.7 Å². The van der Waals surface area contributed by atoms with E-state index in [1.807, 2.05) is 0 Å². The second kappa shape index (κ2) is 4.08. The number of nitrogens with one attached hydrogen (secondary N) is 1. The number of imide groups is 1. The number of nitrogens with zero attached hydrogens (tertiary/aromatic N) is 1. The van der Waals surface area contributed by atoms with E-state index in [0.717, 1.165) is 4.90 Å². The molecule has 98 valence electrons. The lowest BCUT2D eigenvalue weighted by Crippen LogP contribution is -2.39. The number of carbonyl (C=O) groups excluding carboxylic acids is 3. The van der Waals surface area contributed by atoms with Crippen LogP contribution in [-0.2, 0) is 14.4 Å². The number of anilines is 2. The van der Waals surface area contributed by atoms with Gasteiger partial charge in [-0.1, -0.05) is 0 Å². The van der Waals surface area contributed by atoms with Gasteiger partial charge in [0.25, 0.3) is 0 Å². The lowest BCUT2D eigenvalue weighted by Gasteiger charge is -2.15. The summed E-state index contributed by atoms with van der Waals surface area (Å²) >= 11 is 0. The smallest absolute Gasteiger partial charge is 0.244 e. The first-order valence-electron chi connectivity index (χ1n) is 6.07. The molecule has 19 heavy (non-hydrogen) atoms. The van der Waals surface area contributed by atoms with Crippen molar-refractivity contribution in [3.8, 4) is 0 Å². The van der Waals surface area contributed by atoms with Gasteiger partial charge in [0.05, 0.1) is 11.8 Å². The van der Waals surface area contributed by atoms with Gasteiger partial charge in [0, 0.05) is 11.4 Å². The third-order valence-electron chi connectivity index (χ3n) is 3.45. The Morgan fingerprint density at radius 2 is 1.79 bits per heavy atom. The second-order valence-corrected chi connectivity index (χ2v) is 4.88. The SMILES string of the molecule is Nc1ccc(NC(=O)CN2C(=O)C3CC3C2=O)cc1. The molecule has 0 aromatic heterocycles. The third-order valence-corrected chi connectivity index (χ3v) is 3.45. The summed E-state index contributed by atoms with van der Waals surface area (Å²) in [6.45, 7) is -0.213. The molecule has 0 radical (unpaired) electrons. The molecule has 6 nitrogen and oxygen atoms in total. The van der Waals surface area contributed by atoms with Crippen LogP contribution in [0.15, 0.2) is 24.3 Å². The van der Waals surface area contributed by atoms with Crippen molar-refractivity contribution < 1.29 is 14.4 Å². The number of fused-ring (bicyclic) bond motifs is 1. The zero-order valence-electron chi connectivity index (χ0n) is 10.1. The van der Waals surface area contributed by atoms with Gasteiger partial charge in [0.1, 0.15) is 6.54 Å². The van der Waals surface area contributed by atoms with Crippen molar-refractivity contribution in [3.05, 3.63) is 24.3 Å². The number of benzene rings is 1. The molecule has 3 N–H and O–H groups in total. The average molecular weight is 259 g/mol. The Balaban J connectivity index is 1.61. The highest BCUT2D eigenvalue weighted by atomic mass is 16.2. The van der Waals surface area contributed by atoms with Crippen LogP contribution in [0, 0.1) is 11.8 Å². The van der Waals surface area contributed by atoms with Crippen LogP contribution in [0.4, 0.5) is 11.4 Å². The predicted octanol–water partition coefficient (Wildman–Crippen LogP) is 0.212. The van der Waals surface area contributed by atoms with Crippen LogP contribution < -0.4 is 11.1 Å². The fourth-order valence-electron chi connectivity index (χ4n) is 2.32. The molecule has 2 fully saturated rings. The van der Waals surface area contributed by atoms with Crippen molar-refractivity contribution in [2.75, 3.05) is 17.6 Å². The molecule has 2 aliphatic rings. The van der Waals surface area contributed by atoms with E-state index >= 15 is 0 Å². The highest BCUT2D eigenvalue weighted by Gasteiger charge is 2.58. The average Bonchev–Trinajstić information content (AvgIpc) is 3.13. The normalized spacial score (nSPS) is 24.3. The van der Waals surface area contributed by atoms with Gasteiger partial charge in [-0.3, -0.25) is 19.3 Å². The number of likely N-dealkylation sites (tertiary alicyclic amines) is 1. The van der Waals surface area contributed by atoms with Gasteiger partial charge < -0.3 is 11.1 Å². The number of carbonyl (C=O) groups is 3. The van der Waals surface area contributed by atoms with Crippen molar-refractivity contribution in [2.45, 2.75) is 6.42 Å². The fraction of sp³-hybridized carbons (Fsp3) is 0.308. The van der Waals surface area contributed by atoms with Gasteiger partial charge in [0.2, 0.25) is 17.7 Å². The van der Waals surface area contributed by atoms with Crippen LogP contribution >= 0.6 is 0 Å². The van der Waals surface area contributed by atoms with Crippen molar-refractivity contribution in [2.24, 2.45) is 11.8 Å². The molecule has 2 unspecified atom stereocenters. The molecular formula is C13H13N3O3. The van der Waals surface area contributed by atoms with Crippen LogP contribution in [0.1, 0.15) is 6.42 Å². The highest BCUT2D eigenvalue weighted by Crippen LogP contribution is 2.46. The summed E-state index contributed by atoms with van der Waals surface area (Å²) in [5.41, 5.74) is 6.72. The van der Waals surface area contributed by atoms with Crippen LogP contribution in [0.5, 0.6) is 0 Å². The van der Waals surface area contributed by atoms with Crippen LogP contribution in [0.3, 0.4) is 0 Å². The van der Waals surface area contributed by atoms with E-state index in [2.05, 4.69) is 5.32 Å². The first-order chi connectivity index (χ1) is 9.06. The maximum absolute atomic E-state index is 11.8. The van der Waals surface area contributed by atoms with Crippen molar-refractivity contribution in [3.63, 3.8) is 0 Å². The Kier molecular flexibility index (Phi) is 2.51. The number of nitrogen functional groups attached to an aromatic ring is 1. The molecule has 1 saturated carbocycles. The summed E-state index contributed by atoms with van der Waals surface area (Å²) in [7, 11) is 0. The fourth-order valence-corrected chi connectivity index (χ4v) is 2.32. The molecule has 1 aliphatic heterocycles. The minimum absolute atomic E-state index is 0.170. The number of nitrogens with two attached hydrogens (primary N) is 1. The molecule has 1 saturated heterocycles. The quantitative estimate of drug-likeness (QED) is 0.599. The van der Waals surface area contributed by atoms with Crippen LogP contribution in [0.2, 0.25) is 0 Å². The van der Waals surface area contributed by atoms with E-state index in [9.17, 15) is 14.4 Å². The van der Waals surface area contributed by atoms with Gasteiger partial charge in [-0.15, -0.1) is 0 Å². The summed E-state index contributed by atoms with van der Waals surface area (Å²) in [6.07, 6.45) is 0.647. The molecule has 1 aromatic rings. The highest BCUT2D eigenvalue weighted by molar-refractivity contribution is 6.11. The largest absolute Gasteiger partial charge is 0.399 e. The van der Waals surface area contributed by atoms with Gasteiger partial charge in [-0.2, -0.15) is 0 Å². The minimum atomic E-state index is -0.382. The van der Waals surface area contributed by atoms with E-state index in [0.29, 0.717) is 17.8 Å². The minimum Gasteiger partial charge on any atom is -0.399 e. The first-order valence-corrected chi connectivity index (χ1v) is 6.07. The molecule has 1 aliphatic carbocycles. The maximum Gasteiger partial charge on any atom is 0.244 e. The Labute approximate surface area is 109 Å². The van der Waals surface area contributed by atoms with E-state index < -0.39 is 0 Å². The van der Waals surface area contributed by atoms with E-state index in [-0.39, 0.29) is 36.1 Å². The van der Waals surface area contributed by atoms with E-state index in [1.54, 1.807) is 24.3 Å². The maximum atomic E-state index is 11.8. The molecule has 1 aromatic carbocycles. The Morgan fingerprint density at radius 3 is 2.37 bits per heavy atom. The summed E-state index contributed by atoms with van der Waals surface area (Å²) < 4.78 is 0. The number of amides is 3. The topological polar surface area (TPSA) is 92.5 Å². The summed E-state index contributed by atoms with van der Waals surface area (Å²) in [6, 6.07) is 6.66. The van der Waals surface area contributed by atoms with Crippen molar-refractivity contribution >= 4 is 29.1 Å². The van der Waals surface area contributed by atoms with Gasteiger partial charge in [-0.25, -0.2) is 0 Å². The molecule has 1 heterocycles. The van der Waals surface area contributed by atoms with Crippen molar-refractivity contribution in [1.29, 1.82) is 0 Å². The van der Waals surface area contributed by atoms with Crippen LogP contribution in [0.25, 0.3) is 0 Å². The zero-order valence-corrected chi connectivity index (χ0v) is 10.1. The molecule has 2 atom stereocenters. The molecule has 6 heteroatoms. The van der Waals surface area contributed by atoms with E-state index in [1.165, 1.54) is 0 Å². The summed E-state index contributed by atoms with van der Waals surface area (Å²) in [4.78, 5) is 36.2. The molecule has 0 bridgehead atoms. The molecule has 0 spiro atoms. The predicted molar refractivity (Wildman–Crippen MR) is 67.8 cm³/mol. The van der Waals surface area contributed by atoms with Gasteiger partial charge in [0.15, 0.2) is 0 Å². The number of rotatable bonds is 3. The van der Waals surface area contributed by atoms with Crippen molar-refractivity contribution in [1.82, 2.24) is 4.90 Å². The molecule has 3 rings (SSSR count). The molecular weight excluding hydrogens is 246 g/mol. The molecule has 3 amide bonds. The van der Waals surface area contributed by atoms with E-state index in [4.69, 9.17) is 5.73 Å². The monoisotopic (exact) mass is 259 g/mol. The number of piperidine rings is 1. The lowest BCUT2D eigenvalue weighted by molar-refractivity contribution is -0.143. The Morgan fingerprint density at radius 1 is 1.21 bits per heavy atom. The third kappa shape index (κ3) is 2.05. The van der Waals surface area contributed by atoms with Crippen LogP contribution in [-0.4, -0.2) is 29.2 Å².